The number of amides is 1. The molecule has 1 amide bonds. The Hall–Kier alpha value is -2.85. The van der Waals surface area contributed by atoms with Gasteiger partial charge in [-0.2, -0.15) is 4.31 Å². The van der Waals surface area contributed by atoms with Crippen LogP contribution in [0.25, 0.3) is 0 Å². The number of rotatable bonds is 8. The molecule has 0 radical (unpaired) electrons. The smallest absolute Gasteiger partial charge is 0.255 e. The first-order valence-corrected chi connectivity index (χ1v) is 11.2. The van der Waals surface area contributed by atoms with E-state index < -0.39 is 15.9 Å². The molecule has 2 heterocycles. The third-order valence-electron chi connectivity index (χ3n) is 4.90. The van der Waals surface area contributed by atoms with Crippen LogP contribution >= 0.6 is 0 Å². The maximum absolute atomic E-state index is 12.7. The number of carbonyl (C=O) groups is 1. The highest BCUT2D eigenvalue weighted by Crippen LogP contribution is 2.30. The second-order valence-electron chi connectivity index (χ2n) is 6.69. The van der Waals surface area contributed by atoms with Gasteiger partial charge in [0.25, 0.3) is 5.91 Å². The molecule has 0 spiro atoms. The van der Waals surface area contributed by atoms with E-state index in [0.29, 0.717) is 43.2 Å². The van der Waals surface area contributed by atoms with E-state index in [9.17, 15) is 13.2 Å². The molecule has 1 aliphatic rings. The molecule has 30 heavy (non-hydrogen) atoms. The van der Waals surface area contributed by atoms with E-state index in [1.54, 1.807) is 24.4 Å². The summed E-state index contributed by atoms with van der Waals surface area (Å²) in [6, 6.07) is 10.6. The molecule has 3 rings (SSSR count). The molecule has 0 bridgehead atoms. The van der Waals surface area contributed by atoms with Crippen molar-refractivity contribution >= 4 is 21.7 Å². The number of hydrogen-bond donors (Lipinski definition) is 1. The van der Waals surface area contributed by atoms with Crippen LogP contribution in [-0.4, -0.2) is 76.3 Å². The Morgan fingerprint density at radius 2 is 1.83 bits per heavy atom. The van der Waals surface area contributed by atoms with Crippen LogP contribution in [0.2, 0.25) is 0 Å². The van der Waals surface area contributed by atoms with Crippen LogP contribution in [-0.2, 0) is 10.0 Å². The first kappa shape index (κ1) is 21.8. The molecule has 0 atom stereocenters. The van der Waals surface area contributed by atoms with Gasteiger partial charge >= 0.3 is 0 Å². The molecule has 0 unspecified atom stereocenters. The van der Waals surface area contributed by atoms with Crippen molar-refractivity contribution in [3.63, 3.8) is 0 Å². The lowest BCUT2D eigenvalue weighted by molar-refractivity contribution is 0.0952. The fraction of sp³-hybridized carbons (Fsp3) is 0.400. The second-order valence-corrected chi connectivity index (χ2v) is 8.78. The Balaban J connectivity index is 1.53. The van der Waals surface area contributed by atoms with Gasteiger partial charge in [0.2, 0.25) is 10.0 Å². The van der Waals surface area contributed by atoms with E-state index in [4.69, 9.17) is 9.47 Å². The quantitative estimate of drug-likeness (QED) is 0.661. The summed E-state index contributed by atoms with van der Waals surface area (Å²) in [5.74, 6) is 0.999. The number of nitrogens with zero attached hydrogens (tertiary/aromatic N) is 3. The molecular formula is C20H26N4O5S. The average Bonchev–Trinajstić information content (AvgIpc) is 2.78. The summed E-state index contributed by atoms with van der Waals surface area (Å²) in [6.45, 7) is 1.92. The number of nitrogens with one attached hydrogen (secondary N) is 1. The molecule has 1 saturated heterocycles. The van der Waals surface area contributed by atoms with Gasteiger partial charge in [0.1, 0.15) is 5.82 Å². The van der Waals surface area contributed by atoms with Gasteiger partial charge in [-0.25, -0.2) is 13.4 Å². The van der Waals surface area contributed by atoms with Gasteiger partial charge in [-0.15, -0.1) is 0 Å². The van der Waals surface area contributed by atoms with Gasteiger partial charge in [-0.1, -0.05) is 12.1 Å². The molecule has 9 nitrogen and oxygen atoms in total. The number of anilines is 1. The van der Waals surface area contributed by atoms with E-state index in [-0.39, 0.29) is 12.3 Å². The van der Waals surface area contributed by atoms with Crippen molar-refractivity contribution in [1.82, 2.24) is 14.6 Å². The number of ether oxygens (including phenoxy) is 2. The van der Waals surface area contributed by atoms with Crippen molar-refractivity contribution in [2.75, 3.05) is 57.6 Å². The van der Waals surface area contributed by atoms with Crippen LogP contribution in [0.4, 0.5) is 5.82 Å². The Kier molecular flexibility index (Phi) is 7.11. The second kappa shape index (κ2) is 9.77. The number of sulfonamides is 1. The molecule has 2 aromatic rings. The summed E-state index contributed by atoms with van der Waals surface area (Å²) < 4.78 is 37.2. The number of hydrogen-bond acceptors (Lipinski definition) is 7. The van der Waals surface area contributed by atoms with Crippen molar-refractivity contribution in [3.8, 4) is 11.5 Å². The highest BCUT2D eigenvalue weighted by atomic mass is 32.2. The number of para-hydroxylation sites is 1. The molecule has 1 fully saturated rings. The van der Waals surface area contributed by atoms with Gasteiger partial charge in [-0.3, -0.25) is 4.79 Å². The fourth-order valence-electron chi connectivity index (χ4n) is 3.32. The van der Waals surface area contributed by atoms with Gasteiger partial charge in [0.05, 0.1) is 25.5 Å². The normalized spacial score (nSPS) is 14.9. The Morgan fingerprint density at radius 3 is 2.47 bits per heavy atom. The molecule has 1 aromatic heterocycles. The standard InChI is InChI=1S/C20H26N4O5S/c1-28-17-7-5-6-16(19(17)29-2)20(25)22-10-15-30(26,27)24-13-11-23(12-14-24)18-8-3-4-9-21-18/h3-9H,10-15H2,1-2H3,(H,22,25). The Bertz CT molecular complexity index is 960. The topological polar surface area (TPSA) is 101 Å². The lowest BCUT2D eigenvalue weighted by atomic mass is 10.1. The predicted octanol–water partition coefficient (Wildman–Crippen LogP) is 0.981. The van der Waals surface area contributed by atoms with Gasteiger partial charge in [-0.05, 0) is 24.3 Å². The lowest BCUT2D eigenvalue weighted by Crippen LogP contribution is -2.50. The van der Waals surface area contributed by atoms with E-state index in [2.05, 4.69) is 15.2 Å². The first-order chi connectivity index (χ1) is 14.5. The summed E-state index contributed by atoms with van der Waals surface area (Å²) in [5.41, 5.74) is 0.290. The van der Waals surface area contributed by atoms with Crippen molar-refractivity contribution in [2.24, 2.45) is 0 Å². The summed E-state index contributed by atoms with van der Waals surface area (Å²) in [6.07, 6.45) is 1.72. The third kappa shape index (κ3) is 5.00. The van der Waals surface area contributed by atoms with Gasteiger partial charge in [0, 0.05) is 38.9 Å². The molecule has 162 valence electrons. The van der Waals surface area contributed by atoms with Crippen LogP contribution in [0.1, 0.15) is 10.4 Å². The van der Waals surface area contributed by atoms with Crippen LogP contribution in [0, 0.1) is 0 Å². The van der Waals surface area contributed by atoms with Crippen molar-refractivity contribution in [3.05, 3.63) is 48.2 Å². The molecule has 0 aliphatic carbocycles. The van der Waals surface area contributed by atoms with Crippen LogP contribution in [0.3, 0.4) is 0 Å². The lowest BCUT2D eigenvalue weighted by Gasteiger charge is -2.34. The average molecular weight is 435 g/mol. The zero-order chi connectivity index (χ0) is 21.6. The summed E-state index contributed by atoms with van der Waals surface area (Å²) in [5, 5.41) is 2.65. The van der Waals surface area contributed by atoms with Gasteiger partial charge in [0.15, 0.2) is 11.5 Å². The molecule has 1 aromatic carbocycles. The van der Waals surface area contributed by atoms with Gasteiger partial charge < -0.3 is 19.7 Å². The number of methoxy groups -OCH3 is 2. The third-order valence-corrected chi connectivity index (χ3v) is 6.77. The SMILES string of the molecule is COc1cccc(C(=O)NCCS(=O)(=O)N2CCN(c3ccccn3)CC2)c1OC. The number of aromatic nitrogens is 1. The van der Waals surface area contributed by atoms with E-state index >= 15 is 0 Å². The minimum Gasteiger partial charge on any atom is -0.493 e. The fourth-order valence-corrected chi connectivity index (χ4v) is 4.66. The van der Waals surface area contributed by atoms with Crippen molar-refractivity contribution in [1.29, 1.82) is 0 Å². The maximum atomic E-state index is 12.7. The van der Waals surface area contributed by atoms with Crippen LogP contribution < -0.4 is 19.7 Å². The number of carbonyl (C=O) groups excluding carboxylic acids is 1. The minimum atomic E-state index is -3.48. The largest absolute Gasteiger partial charge is 0.493 e. The minimum absolute atomic E-state index is 0.00197. The summed E-state index contributed by atoms with van der Waals surface area (Å²) >= 11 is 0. The molecule has 1 N–H and O–H groups in total. The van der Waals surface area contributed by atoms with E-state index in [0.717, 1.165) is 5.82 Å². The molecule has 10 heteroatoms. The van der Waals surface area contributed by atoms with Crippen molar-refractivity contribution in [2.45, 2.75) is 0 Å². The van der Waals surface area contributed by atoms with E-state index in [1.165, 1.54) is 18.5 Å². The Labute approximate surface area is 176 Å². The maximum Gasteiger partial charge on any atom is 0.255 e. The highest BCUT2D eigenvalue weighted by molar-refractivity contribution is 7.89. The molecular weight excluding hydrogens is 408 g/mol. The summed E-state index contributed by atoms with van der Waals surface area (Å²) in [7, 11) is -0.546. The molecule has 0 saturated carbocycles. The van der Waals surface area contributed by atoms with Crippen molar-refractivity contribution < 1.29 is 22.7 Å². The highest BCUT2D eigenvalue weighted by Gasteiger charge is 2.27. The molecule has 1 aliphatic heterocycles. The summed E-state index contributed by atoms with van der Waals surface area (Å²) in [4.78, 5) is 18.8. The number of piperazine rings is 1. The van der Waals surface area contributed by atoms with Crippen LogP contribution in [0.5, 0.6) is 11.5 Å². The first-order valence-electron chi connectivity index (χ1n) is 9.59. The zero-order valence-corrected chi connectivity index (χ0v) is 17.9. The Morgan fingerprint density at radius 1 is 1.07 bits per heavy atom. The zero-order valence-electron chi connectivity index (χ0n) is 17.1. The van der Waals surface area contributed by atoms with Crippen LogP contribution in [0.15, 0.2) is 42.6 Å². The van der Waals surface area contributed by atoms with E-state index in [1.807, 2.05) is 18.2 Å². The number of pyridine rings is 1. The monoisotopic (exact) mass is 434 g/mol. The predicted molar refractivity (Wildman–Crippen MR) is 114 cm³/mol. The number of benzene rings is 1.